The second kappa shape index (κ2) is 7.79. The summed E-state index contributed by atoms with van der Waals surface area (Å²) in [5.41, 5.74) is 2.18. The van der Waals surface area contributed by atoms with Crippen LogP contribution in [0.25, 0.3) is 0 Å². The van der Waals surface area contributed by atoms with Crippen LogP contribution >= 0.6 is 7.82 Å². The van der Waals surface area contributed by atoms with Crippen molar-refractivity contribution >= 4 is 7.82 Å². The first kappa shape index (κ1) is 20.2. The summed E-state index contributed by atoms with van der Waals surface area (Å²) in [7, 11) is -5.11. The highest BCUT2D eigenvalue weighted by Gasteiger charge is 2.40. The molecule has 1 N–H and O–H groups in total. The van der Waals surface area contributed by atoms with Gasteiger partial charge < -0.3 is 4.89 Å². The van der Waals surface area contributed by atoms with E-state index in [4.69, 9.17) is 4.89 Å². The zero-order chi connectivity index (χ0) is 17.7. The van der Waals surface area contributed by atoms with Gasteiger partial charge in [-0.25, -0.2) is 4.57 Å². The smallest absolute Gasteiger partial charge is 0.302 e. The molecule has 1 aromatic rings. The molecular weight excluding hydrogens is 332 g/mol. The van der Waals surface area contributed by atoms with E-state index in [2.05, 4.69) is 29.8 Å². The van der Waals surface area contributed by atoms with Crippen LogP contribution in [0.3, 0.4) is 0 Å². The van der Waals surface area contributed by atoms with Crippen LogP contribution in [0.4, 0.5) is 13.2 Å². The van der Waals surface area contributed by atoms with Gasteiger partial charge in [0.25, 0.3) is 0 Å². The number of hydrogen-bond acceptors (Lipinski definition) is 3. The molecule has 0 amide bonds. The van der Waals surface area contributed by atoms with Gasteiger partial charge in [-0.1, -0.05) is 45.0 Å². The Kier molecular flexibility index (Phi) is 6.83. The minimum Gasteiger partial charge on any atom is -0.302 e. The molecule has 1 rings (SSSR count). The Balaban J connectivity index is 2.59. The maximum Gasteiger partial charge on any atom is 0.531 e. The van der Waals surface area contributed by atoms with Gasteiger partial charge in [0.15, 0.2) is 0 Å². The average Bonchev–Trinajstić information content (AvgIpc) is 2.41. The molecule has 1 atom stereocenters. The van der Waals surface area contributed by atoms with Crippen molar-refractivity contribution in [2.75, 3.05) is 6.61 Å². The fraction of sp³-hybridized carbons (Fsp3) is 0.600. The first-order valence-electron chi connectivity index (χ1n) is 7.30. The quantitative estimate of drug-likeness (QED) is 0.529. The van der Waals surface area contributed by atoms with Gasteiger partial charge in [-0.2, -0.15) is 4.52 Å². The van der Waals surface area contributed by atoms with E-state index in [0.717, 1.165) is 17.5 Å². The lowest BCUT2D eigenvalue weighted by molar-refractivity contribution is -0.282. The van der Waals surface area contributed by atoms with Crippen LogP contribution in [0.2, 0.25) is 0 Å². The fourth-order valence-corrected chi connectivity index (χ4v) is 2.86. The van der Waals surface area contributed by atoms with Crippen molar-refractivity contribution in [1.82, 2.24) is 0 Å². The third-order valence-corrected chi connectivity index (χ3v) is 4.64. The lowest BCUT2D eigenvalue weighted by Crippen LogP contribution is -2.18. The number of alkyl halides is 3. The van der Waals surface area contributed by atoms with Gasteiger partial charge in [0, 0.05) is 0 Å². The first-order valence-corrected chi connectivity index (χ1v) is 8.79. The van der Waals surface area contributed by atoms with E-state index in [1.165, 1.54) is 0 Å². The maximum atomic E-state index is 11.9. The lowest BCUT2D eigenvalue weighted by Gasteiger charge is -2.26. The van der Waals surface area contributed by atoms with Crippen LogP contribution in [0.5, 0.6) is 0 Å². The molecule has 8 heteroatoms. The zero-order valence-corrected chi connectivity index (χ0v) is 14.3. The minimum absolute atomic E-state index is 0.0247. The van der Waals surface area contributed by atoms with Crippen LogP contribution in [0, 0.1) is 0 Å². The van der Waals surface area contributed by atoms with Crippen LogP contribution in [0.1, 0.15) is 44.7 Å². The van der Waals surface area contributed by atoms with Crippen molar-refractivity contribution in [3.8, 4) is 0 Å². The number of halogens is 3. The Morgan fingerprint density at radius 3 is 2.39 bits per heavy atom. The van der Waals surface area contributed by atoms with Crippen molar-refractivity contribution < 1.29 is 31.7 Å². The molecule has 0 saturated heterocycles. The Hall–Kier alpha value is -0.880. The van der Waals surface area contributed by atoms with Crippen molar-refractivity contribution in [2.24, 2.45) is 0 Å². The second-order valence-corrected chi connectivity index (χ2v) is 7.21. The summed E-state index contributed by atoms with van der Waals surface area (Å²) < 4.78 is 54.3. The summed E-state index contributed by atoms with van der Waals surface area (Å²) in [5, 5.41) is 0. The van der Waals surface area contributed by atoms with Gasteiger partial charge in [-0.3, -0.25) is 4.52 Å². The molecule has 0 spiro atoms. The van der Waals surface area contributed by atoms with Gasteiger partial charge in [0.2, 0.25) is 0 Å². The molecule has 132 valence electrons. The van der Waals surface area contributed by atoms with Crippen LogP contribution in [-0.4, -0.2) is 17.9 Å². The van der Waals surface area contributed by atoms with E-state index in [0.29, 0.717) is 12.8 Å². The normalized spacial score (nSPS) is 15.4. The largest absolute Gasteiger partial charge is 0.531 e. The summed E-state index contributed by atoms with van der Waals surface area (Å²) in [6.07, 6.45) is -3.43. The van der Waals surface area contributed by atoms with Crippen molar-refractivity contribution in [2.45, 2.75) is 51.8 Å². The predicted octanol–water partition coefficient (Wildman–Crippen LogP) is 4.96. The second-order valence-electron chi connectivity index (χ2n) is 5.84. The SMILES string of the molecule is CCC(C)(C)c1ccccc1CCCOP(=O)(O)OC(F)(F)F. The topological polar surface area (TPSA) is 55.8 Å². The third kappa shape index (κ3) is 7.04. The van der Waals surface area contributed by atoms with Crippen molar-refractivity contribution in [3.05, 3.63) is 35.4 Å². The Labute approximate surface area is 134 Å². The lowest BCUT2D eigenvalue weighted by atomic mass is 9.79. The summed E-state index contributed by atoms with van der Waals surface area (Å²) in [4.78, 5) is 8.96. The van der Waals surface area contributed by atoms with E-state index < -0.39 is 14.2 Å². The Morgan fingerprint density at radius 2 is 1.83 bits per heavy atom. The number of benzene rings is 1. The maximum absolute atomic E-state index is 11.9. The van der Waals surface area contributed by atoms with E-state index in [9.17, 15) is 17.7 Å². The molecule has 0 radical (unpaired) electrons. The number of phosphoric ester groups is 1. The number of rotatable bonds is 8. The zero-order valence-electron chi connectivity index (χ0n) is 13.4. The van der Waals surface area contributed by atoms with E-state index in [1.54, 1.807) is 0 Å². The third-order valence-electron chi connectivity index (χ3n) is 3.69. The highest BCUT2D eigenvalue weighted by atomic mass is 31.2. The van der Waals surface area contributed by atoms with Gasteiger partial charge >= 0.3 is 14.2 Å². The van der Waals surface area contributed by atoms with Crippen molar-refractivity contribution in [3.63, 3.8) is 0 Å². The number of aryl methyl sites for hydroxylation is 1. The molecule has 0 aliphatic heterocycles. The molecule has 0 saturated carbocycles. The molecule has 1 unspecified atom stereocenters. The summed E-state index contributed by atoms with van der Waals surface area (Å²) in [6, 6.07) is 7.78. The van der Waals surface area contributed by atoms with Gasteiger partial charge in [-0.15, -0.1) is 13.2 Å². The molecule has 0 aliphatic carbocycles. The molecule has 4 nitrogen and oxygen atoms in total. The fourth-order valence-electron chi connectivity index (χ4n) is 2.19. The monoisotopic (exact) mass is 354 g/mol. The minimum atomic E-state index is -5.21. The van der Waals surface area contributed by atoms with Gasteiger partial charge in [0.1, 0.15) is 0 Å². The summed E-state index contributed by atoms with van der Waals surface area (Å²) in [5.74, 6) is 0. The molecule has 0 fully saturated rings. The Bertz CT molecular complexity index is 558. The number of hydrogen-bond donors (Lipinski definition) is 1. The highest BCUT2D eigenvalue weighted by Crippen LogP contribution is 2.48. The molecular formula is C15H22F3O4P. The molecule has 0 bridgehead atoms. The number of phosphoric acid groups is 1. The summed E-state index contributed by atoms with van der Waals surface area (Å²) >= 11 is 0. The summed E-state index contributed by atoms with van der Waals surface area (Å²) in [6.45, 7) is 6.00. The standard InChI is InChI=1S/C15H22F3O4P/c1-4-14(2,3)13-10-6-5-8-12(13)9-7-11-21-23(19,20)22-15(16,17)18/h5-6,8,10H,4,7,9,11H2,1-3H3,(H,19,20). The van der Waals surface area contributed by atoms with E-state index in [1.807, 2.05) is 24.3 Å². The first-order chi connectivity index (χ1) is 10.5. The Morgan fingerprint density at radius 1 is 1.22 bits per heavy atom. The van der Waals surface area contributed by atoms with Crippen LogP contribution < -0.4 is 0 Å². The van der Waals surface area contributed by atoms with Gasteiger partial charge in [-0.05, 0) is 35.8 Å². The van der Waals surface area contributed by atoms with Crippen LogP contribution in [0.15, 0.2) is 24.3 Å². The molecule has 0 aliphatic rings. The van der Waals surface area contributed by atoms with Crippen LogP contribution in [-0.2, 0) is 25.4 Å². The van der Waals surface area contributed by atoms with Gasteiger partial charge in [0.05, 0.1) is 6.61 Å². The molecule has 0 aromatic heterocycles. The van der Waals surface area contributed by atoms with E-state index >= 15 is 0 Å². The van der Waals surface area contributed by atoms with Crippen molar-refractivity contribution in [1.29, 1.82) is 0 Å². The molecule has 23 heavy (non-hydrogen) atoms. The van der Waals surface area contributed by atoms with E-state index in [-0.39, 0.29) is 12.0 Å². The molecule has 0 heterocycles. The highest BCUT2D eigenvalue weighted by molar-refractivity contribution is 7.47. The molecule has 1 aromatic carbocycles. The average molecular weight is 354 g/mol. The predicted molar refractivity (Wildman–Crippen MR) is 81.0 cm³/mol.